The maximum absolute atomic E-state index is 9.15. The molecular formula is C14H22BNO2Si. The summed E-state index contributed by atoms with van der Waals surface area (Å²) in [5.74, 6) is 3.14. The Kier molecular flexibility index (Phi) is 4.62. The van der Waals surface area contributed by atoms with Gasteiger partial charge in [0.05, 0.1) is 0 Å². The molecule has 0 saturated heterocycles. The van der Waals surface area contributed by atoms with Crippen LogP contribution in [0.5, 0.6) is 0 Å². The molecule has 0 fully saturated rings. The summed E-state index contributed by atoms with van der Waals surface area (Å²) in [6, 6.07) is 1.80. The summed E-state index contributed by atoms with van der Waals surface area (Å²) in [6.07, 6.45) is 1.48. The molecule has 5 heteroatoms. The first-order valence-corrected chi connectivity index (χ1v) is 9.40. The summed E-state index contributed by atoms with van der Waals surface area (Å²) in [5, 5.41) is 18.5. The summed E-state index contributed by atoms with van der Waals surface area (Å²) in [6.45, 7) is 13.0. The fourth-order valence-corrected chi connectivity index (χ4v) is 2.13. The third kappa shape index (κ3) is 3.94. The van der Waals surface area contributed by atoms with Crippen molar-refractivity contribution in [1.29, 1.82) is 0 Å². The molecular weight excluding hydrogens is 253 g/mol. The Morgan fingerprint density at radius 1 is 1.26 bits per heavy atom. The van der Waals surface area contributed by atoms with E-state index in [9.17, 15) is 0 Å². The van der Waals surface area contributed by atoms with Gasteiger partial charge in [-0.3, -0.25) is 0 Å². The van der Waals surface area contributed by atoms with Gasteiger partial charge < -0.3 is 10.0 Å². The maximum atomic E-state index is 9.15. The van der Waals surface area contributed by atoms with Gasteiger partial charge in [-0.1, -0.05) is 39.8 Å². The van der Waals surface area contributed by atoms with E-state index in [4.69, 9.17) is 10.0 Å². The minimum absolute atomic E-state index is 0.219. The van der Waals surface area contributed by atoms with Crippen molar-refractivity contribution in [2.24, 2.45) is 0 Å². The van der Waals surface area contributed by atoms with Gasteiger partial charge in [0.25, 0.3) is 0 Å². The van der Waals surface area contributed by atoms with Gasteiger partial charge in [0.2, 0.25) is 0 Å². The SMILES string of the molecule is Cc1cc(C#C[Si](C)(C)C(C)(C)C)ncc1B(O)O. The molecule has 2 N–H and O–H groups in total. The Bertz CT molecular complexity index is 524. The van der Waals surface area contributed by atoms with Crippen molar-refractivity contribution >= 4 is 20.7 Å². The van der Waals surface area contributed by atoms with Crippen LogP contribution >= 0.6 is 0 Å². The van der Waals surface area contributed by atoms with E-state index in [-0.39, 0.29) is 5.04 Å². The van der Waals surface area contributed by atoms with Crippen LogP contribution < -0.4 is 5.46 Å². The highest BCUT2D eigenvalue weighted by Crippen LogP contribution is 2.35. The molecule has 19 heavy (non-hydrogen) atoms. The van der Waals surface area contributed by atoms with Crippen LogP contribution in [0.25, 0.3) is 0 Å². The van der Waals surface area contributed by atoms with Gasteiger partial charge in [0, 0.05) is 11.7 Å². The molecule has 1 aromatic rings. The minimum Gasteiger partial charge on any atom is -0.423 e. The molecule has 1 heterocycles. The zero-order valence-corrected chi connectivity index (χ0v) is 13.6. The Morgan fingerprint density at radius 2 is 1.84 bits per heavy atom. The number of hydrogen-bond acceptors (Lipinski definition) is 3. The fourth-order valence-electron chi connectivity index (χ4n) is 1.31. The lowest BCUT2D eigenvalue weighted by atomic mass is 9.78. The van der Waals surface area contributed by atoms with Crippen LogP contribution in [0.4, 0.5) is 0 Å². The molecule has 0 aliphatic rings. The summed E-state index contributed by atoms with van der Waals surface area (Å²) in [7, 11) is -3.12. The molecule has 0 amide bonds. The van der Waals surface area contributed by atoms with E-state index in [1.54, 1.807) is 6.07 Å². The minimum atomic E-state index is -1.64. The van der Waals surface area contributed by atoms with Gasteiger partial charge in [0.15, 0.2) is 0 Å². The summed E-state index contributed by atoms with van der Waals surface area (Å²) >= 11 is 0. The lowest BCUT2D eigenvalue weighted by molar-refractivity contribution is 0.425. The second-order valence-corrected chi connectivity index (χ2v) is 11.4. The Balaban J connectivity index is 3.07. The molecule has 0 unspecified atom stereocenters. The smallest absolute Gasteiger partial charge is 0.423 e. The summed E-state index contributed by atoms with van der Waals surface area (Å²) < 4.78 is 0. The van der Waals surface area contributed by atoms with Crippen molar-refractivity contribution in [3.05, 3.63) is 23.5 Å². The van der Waals surface area contributed by atoms with Crippen molar-refractivity contribution in [2.45, 2.75) is 45.8 Å². The van der Waals surface area contributed by atoms with Crippen LogP contribution in [-0.4, -0.2) is 30.2 Å². The number of aromatic nitrogens is 1. The lowest BCUT2D eigenvalue weighted by Crippen LogP contribution is -2.35. The highest BCUT2D eigenvalue weighted by Gasteiger charge is 2.33. The average molecular weight is 275 g/mol. The number of nitrogens with zero attached hydrogens (tertiary/aromatic N) is 1. The first-order chi connectivity index (χ1) is 8.54. The number of rotatable bonds is 1. The molecule has 0 aliphatic heterocycles. The van der Waals surface area contributed by atoms with Crippen molar-refractivity contribution < 1.29 is 10.0 Å². The molecule has 0 saturated carbocycles. The second-order valence-electron chi connectivity index (χ2n) is 6.42. The van der Waals surface area contributed by atoms with Crippen molar-refractivity contribution in [1.82, 2.24) is 4.98 Å². The predicted octanol–water partition coefficient (Wildman–Crippen LogP) is 1.47. The van der Waals surface area contributed by atoms with Gasteiger partial charge in [0.1, 0.15) is 13.8 Å². The first-order valence-electron chi connectivity index (χ1n) is 6.40. The average Bonchev–Trinajstić information content (AvgIpc) is 2.24. The van der Waals surface area contributed by atoms with E-state index in [1.807, 2.05) is 6.92 Å². The Morgan fingerprint density at radius 3 is 2.26 bits per heavy atom. The maximum Gasteiger partial charge on any atom is 0.490 e. The molecule has 1 aromatic heterocycles. The van der Waals surface area contributed by atoms with E-state index in [0.29, 0.717) is 11.2 Å². The molecule has 3 nitrogen and oxygen atoms in total. The number of aryl methyl sites for hydroxylation is 1. The van der Waals surface area contributed by atoms with Crippen molar-refractivity contribution in [2.75, 3.05) is 0 Å². The van der Waals surface area contributed by atoms with E-state index in [0.717, 1.165) is 5.56 Å². The van der Waals surface area contributed by atoms with E-state index < -0.39 is 15.2 Å². The summed E-state index contributed by atoms with van der Waals surface area (Å²) in [5.41, 5.74) is 5.30. The molecule has 102 valence electrons. The highest BCUT2D eigenvalue weighted by atomic mass is 28.3. The van der Waals surface area contributed by atoms with Crippen LogP contribution in [0.15, 0.2) is 12.3 Å². The van der Waals surface area contributed by atoms with Gasteiger partial charge in [-0.2, -0.15) is 0 Å². The molecule has 0 atom stereocenters. The third-order valence-corrected chi connectivity index (χ3v) is 8.31. The highest BCUT2D eigenvalue weighted by molar-refractivity contribution is 6.87. The van der Waals surface area contributed by atoms with Gasteiger partial charge in [-0.05, 0) is 23.6 Å². The molecule has 0 bridgehead atoms. The van der Waals surface area contributed by atoms with Gasteiger partial charge in [-0.15, -0.1) is 5.54 Å². The van der Waals surface area contributed by atoms with Gasteiger partial charge >= 0.3 is 7.12 Å². The standard InChI is InChI=1S/C14H22BNO2Si/c1-11-9-12(16-10-13(11)15(17)18)7-8-19(5,6)14(2,3)4/h9-10,17-18H,1-6H3. The topological polar surface area (TPSA) is 53.4 Å². The molecule has 0 aliphatic carbocycles. The zero-order valence-electron chi connectivity index (χ0n) is 12.6. The largest absolute Gasteiger partial charge is 0.490 e. The van der Waals surface area contributed by atoms with Crippen LogP contribution in [0.2, 0.25) is 18.1 Å². The molecule has 0 radical (unpaired) electrons. The van der Waals surface area contributed by atoms with Crippen LogP contribution in [0, 0.1) is 18.4 Å². The normalized spacial score (nSPS) is 11.8. The van der Waals surface area contributed by atoms with Gasteiger partial charge in [-0.25, -0.2) is 4.98 Å². The zero-order chi connectivity index (χ0) is 14.8. The Hall–Kier alpha value is -1.09. The van der Waals surface area contributed by atoms with Crippen LogP contribution in [0.3, 0.4) is 0 Å². The third-order valence-electron chi connectivity index (χ3n) is 3.81. The monoisotopic (exact) mass is 275 g/mol. The fraction of sp³-hybridized carbons (Fsp3) is 0.500. The lowest BCUT2D eigenvalue weighted by Gasteiger charge is -2.31. The van der Waals surface area contributed by atoms with E-state index in [1.165, 1.54) is 6.20 Å². The molecule has 1 rings (SSSR count). The van der Waals surface area contributed by atoms with Crippen molar-refractivity contribution in [3.63, 3.8) is 0 Å². The van der Waals surface area contributed by atoms with Crippen LogP contribution in [0.1, 0.15) is 32.0 Å². The van der Waals surface area contributed by atoms with E-state index in [2.05, 4.69) is 50.3 Å². The second kappa shape index (κ2) is 5.50. The number of pyridine rings is 1. The quantitative estimate of drug-likeness (QED) is 0.603. The van der Waals surface area contributed by atoms with E-state index >= 15 is 0 Å². The molecule has 0 spiro atoms. The number of hydrogen-bond donors (Lipinski definition) is 2. The first kappa shape index (κ1) is 16.0. The van der Waals surface area contributed by atoms with Crippen LogP contribution in [-0.2, 0) is 0 Å². The summed E-state index contributed by atoms with van der Waals surface area (Å²) in [4.78, 5) is 4.17. The molecule has 0 aromatic carbocycles. The predicted molar refractivity (Wildman–Crippen MR) is 82.9 cm³/mol. The Labute approximate surface area is 117 Å². The van der Waals surface area contributed by atoms with Crippen molar-refractivity contribution in [3.8, 4) is 11.5 Å².